The second kappa shape index (κ2) is 5.68. The molecule has 0 aromatic carbocycles. The zero-order chi connectivity index (χ0) is 8.85. The predicted octanol–water partition coefficient (Wildman–Crippen LogP) is 3.21. The Balaban J connectivity index is 3.24. The summed E-state index contributed by atoms with van der Waals surface area (Å²) in [7, 11) is 1.41. The van der Waals surface area contributed by atoms with Gasteiger partial charge in [-0.15, -0.1) is 0 Å². The minimum atomic E-state index is 0.863. The number of hydrogen-bond donors (Lipinski definition) is 0. The molecule has 0 saturated carbocycles. The summed E-state index contributed by atoms with van der Waals surface area (Å²) in [6, 6.07) is 0. The van der Waals surface area contributed by atoms with Gasteiger partial charge in [0, 0.05) is 0 Å². The molecule has 1 unspecified atom stereocenters. The van der Waals surface area contributed by atoms with Gasteiger partial charge >= 0.3 is 0 Å². The zero-order valence-corrected chi connectivity index (χ0v) is 8.85. The van der Waals surface area contributed by atoms with Crippen LogP contribution in [0.4, 0.5) is 0 Å². The first-order valence-electron chi connectivity index (χ1n) is 5.04. The fourth-order valence-corrected chi connectivity index (χ4v) is 1.18. The molecule has 0 aliphatic heterocycles. The fraction of sp³-hybridized carbons (Fsp3) is 1.00. The van der Waals surface area contributed by atoms with E-state index in [1.807, 2.05) is 0 Å². The van der Waals surface area contributed by atoms with E-state index in [2.05, 4.69) is 34.6 Å². The Kier molecular flexibility index (Phi) is 5.72. The molecule has 0 rings (SSSR count). The van der Waals surface area contributed by atoms with Crippen LogP contribution in [0.2, 0.25) is 12.6 Å². The van der Waals surface area contributed by atoms with Crippen LogP contribution in [0.1, 0.15) is 34.6 Å². The third kappa shape index (κ3) is 6.46. The minimum Gasteiger partial charge on any atom is -0.0751 e. The van der Waals surface area contributed by atoms with Gasteiger partial charge in [0.15, 0.2) is 0 Å². The highest BCUT2D eigenvalue weighted by molar-refractivity contribution is 6.35. The van der Waals surface area contributed by atoms with Gasteiger partial charge in [-0.1, -0.05) is 53.2 Å². The molecule has 66 valence electrons. The van der Waals surface area contributed by atoms with E-state index in [4.69, 9.17) is 0 Å². The molecule has 1 heteroatoms. The molecule has 0 nitrogen and oxygen atoms in total. The third-order valence-electron chi connectivity index (χ3n) is 2.58. The second-order valence-corrected chi connectivity index (χ2v) is 4.55. The van der Waals surface area contributed by atoms with Crippen LogP contribution in [-0.2, 0) is 0 Å². The summed E-state index contributed by atoms with van der Waals surface area (Å²) in [5.41, 5.74) is 0. The molecule has 0 aromatic rings. The number of hydrogen-bond acceptors (Lipinski definition) is 0. The molecular weight excluding hydrogens is 131 g/mol. The van der Waals surface area contributed by atoms with Crippen LogP contribution in [0.15, 0.2) is 0 Å². The van der Waals surface area contributed by atoms with Crippen molar-refractivity contribution in [3.05, 3.63) is 0 Å². The van der Waals surface area contributed by atoms with Gasteiger partial charge in [-0.2, -0.15) is 0 Å². The Morgan fingerprint density at radius 3 is 1.82 bits per heavy atom. The van der Waals surface area contributed by atoms with Crippen molar-refractivity contribution in [3.8, 4) is 0 Å². The predicted molar refractivity (Wildman–Crippen MR) is 55.6 cm³/mol. The lowest BCUT2D eigenvalue weighted by atomic mass is 9.63. The van der Waals surface area contributed by atoms with Crippen molar-refractivity contribution in [2.24, 2.45) is 17.8 Å². The van der Waals surface area contributed by atoms with Crippen molar-refractivity contribution >= 4 is 7.28 Å². The average Bonchev–Trinajstić information content (AvgIpc) is 1.86. The molecule has 0 amide bonds. The first kappa shape index (κ1) is 11.1. The lowest BCUT2D eigenvalue weighted by molar-refractivity contribution is 0.454. The number of rotatable bonds is 5. The van der Waals surface area contributed by atoms with Crippen LogP contribution in [0.5, 0.6) is 0 Å². The maximum Gasteiger partial charge on any atom is 0.121 e. The summed E-state index contributed by atoms with van der Waals surface area (Å²) in [6.07, 6.45) is 2.81. The summed E-state index contributed by atoms with van der Waals surface area (Å²) >= 11 is 0. The van der Waals surface area contributed by atoms with Crippen LogP contribution in [0.3, 0.4) is 0 Å². The van der Waals surface area contributed by atoms with E-state index < -0.39 is 0 Å². The summed E-state index contributed by atoms with van der Waals surface area (Å²) in [5, 5.41) is 0. The molecule has 0 aliphatic carbocycles. The average molecular weight is 154 g/mol. The van der Waals surface area contributed by atoms with E-state index >= 15 is 0 Å². The molecule has 0 radical (unpaired) electrons. The zero-order valence-electron chi connectivity index (χ0n) is 8.85. The fourth-order valence-electron chi connectivity index (χ4n) is 1.18. The second-order valence-electron chi connectivity index (χ2n) is 4.55. The van der Waals surface area contributed by atoms with E-state index in [1.54, 1.807) is 0 Å². The molecule has 0 N–H and O–H groups in total. The van der Waals surface area contributed by atoms with Gasteiger partial charge in [-0.05, 0) is 11.8 Å². The molecule has 0 spiro atoms. The van der Waals surface area contributed by atoms with Crippen molar-refractivity contribution in [1.82, 2.24) is 0 Å². The van der Waals surface area contributed by atoms with E-state index in [-0.39, 0.29) is 0 Å². The highest BCUT2D eigenvalue weighted by atomic mass is 14.1. The minimum absolute atomic E-state index is 0.863. The van der Waals surface area contributed by atoms with Crippen molar-refractivity contribution in [2.75, 3.05) is 0 Å². The molecule has 11 heavy (non-hydrogen) atoms. The molecule has 0 bridgehead atoms. The van der Waals surface area contributed by atoms with E-state index in [1.165, 1.54) is 19.9 Å². The normalized spacial score (nSPS) is 14.1. The lowest BCUT2D eigenvalue weighted by Gasteiger charge is -2.14. The van der Waals surface area contributed by atoms with E-state index in [0.29, 0.717) is 0 Å². The molecule has 0 saturated heterocycles. The van der Waals surface area contributed by atoms with Crippen LogP contribution >= 0.6 is 0 Å². The van der Waals surface area contributed by atoms with Gasteiger partial charge in [0.25, 0.3) is 0 Å². The first-order valence-corrected chi connectivity index (χ1v) is 5.04. The largest absolute Gasteiger partial charge is 0.121 e. The standard InChI is InChI=1S/C10H23B/c1-8(2)6-11-7-10(5)9(3)4/h8-11H,6-7H2,1-5H3. The quantitative estimate of drug-likeness (QED) is 0.533. The maximum absolute atomic E-state index is 2.37. The molecule has 0 heterocycles. The summed E-state index contributed by atoms with van der Waals surface area (Å²) in [6.45, 7) is 11.6. The maximum atomic E-state index is 2.37. The molecular formula is C10H23B. The smallest absolute Gasteiger partial charge is 0.0751 e. The van der Waals surface area contributed by atoms with Gasteiger partial charge in [0.2, 0.25) is 0 Å². The van der Waals surface area contributed by atoms with Crippen molar-refractivity contribution < 1.29 is 0 Å². The van der Waals surface area contributed by atoms with E-state index in [0.717, 1.165) is 17.8 Å². The van der Waals surface area contributed by atoms with Gasteiger partial charge in [-0.25, -0.2) is 0 Å². The van der Waals surface area contributed by atoms with Gasteiger partial charge < -0.3 is 0 Å². The van der Waals surface area contributed by atoms with Crippen LogP contribution in [0, 0.1) is 17.8 Å². The highest BCUT2D eigenvalue weighted by Crippen LogP contribution is 2.15. The summed E-state index contributed by atoms with van der Waals surface area (Å²) in [4.78, 5) is 0. The van der Waals surface area contributed by atoms with Gasteiger partial charge in [-0.3, -0.25) is 0 Å². The molecule has 0 fully saturated rings. The SMILES string of the molecule is CC(C)CBCC(C)C(C)C. The summed E-state index contributed by atoms with van der Waals surface area (Å²) in [5.74, 6) is 2.66. The molecule has 0 aromatic heterocycles. The van der Waals surface area contributed by atoms with Crippen molar-refractivity contribution in [3.63, 3.8) is 0 Å². The Morgan fingerprint density at radius 1 is 0.909 bits per heavy atom. The van der Waals surface area contributed by atoms with Crippen LogP contribution in [-0.4, -0.2) is 7.28 Å². The Labute approximate surface area is 73.0 Å². The third-order valence-corrected chi connectivity index (χ3v) is 2.58. The topological polar surface area (TPSA) is 0 Å². The Morgan fingerprint density at radius 2 is 1.45 bits per heavy atom. The van der Waals surface area contributed by atoms with Crippen LogP contribution in [0.25, 0.3) is 0 Å². The first-order chi connectivity index (χ1) is 5.04. The monoisotopic (exact) mass is 154 g/mol. The van der Waals surface area contributed by atoms with Crippen LogP contribution < -0.4 is 0 Å². The highest BCUT2D eigenvalue weighted by Gasteiger charge is 2.07. The van der Waals surface area contributed by atoms with Crippen molar-refractivity contribution in [1.29, 1.82) is 0 Å². The van der Waals surface area contributed by atoms with Gasteiger partial charge in [0.05, 0.1) is 0 Å². The van der Waals surface area contributed by atoms with E-state index in [9.17, 15) is 0 Å². The lowest BCUT2D eigenvalue weighted by Crippen LogP contribution is -2.07. The van der Waals surface area contributed by atoms with Crippen molar-refractivity contribution in [2.45, 2.75) is 47.3 Å². The Bertz CT molecular complexity index is 86.9. The Hall–Kier alpha value is 0.0649. The van der Waals surface area contributed by atoms with Gasteiger partial charge in [0.1, 0.15) is 7.28 Å². The summed E-state index contributed by atoms with van der Waals surface area (Å²) < 4.78 is 0. The molecule has 1 atom stereocenters. The molecule has 0 aliphatic rings.